The Kier molecular flexibility index (Phi) is 5.38. The first-order valence-corrected chi connectivity index (χ1v) is 8.53. The lowest BCUT2D eigenvalue weighted by molar-refractivity contribution is 0.262. The predicted molar refractivity (Wildman–Crippen MR) is 89.1 cm³/mol. The maximum atomic E-state index is 12.0. The van der Waals surface area contributed by atoms with Gasteiger partial charge in [-0.25, -0.2) is 4.79 Å². The molecule has 5 heteroatoms. The number of anilines is 2. The van der Waals surface area contributed by atoms with Crippen LogP contribution in [0.25, 0.3) is 0 Å². The second-order valence-electron chi connectivity index (χ2n) is 4.01. The molecule has 0 aliphatic carbocycles. The van der Waals surface area contributed by atoms with Crippen LogP contribution in [0.3, 0.4) is 0 Å². The van der Waals surface area contributed by atoms with E-state index >= 15 is 0 Å². The first-order valence-electron chi connectivity index (χ1n) is 6.08. The van der Waals surface area contributed by atoms with Crippen LogP contribution in [0, 0.1) is 0 Å². The van der Waals surface area contributed by atoms with Gasteiger partial charge in [-0.1, -0.05) is 18.2 Å². The molecule has 0 fully saturated rings. The van der Waals surface area contributed by atoms with Crippen molar-refractivity contribution in [2.45, 2.75) is 9.79 Å². The molecule has 104 valence electrons. The molecule has 2 rings (SSSR count). The number of para-hydroxylation sites is 1. The normalized spacial score (nSPS) is 10.1. The summed E-state index contributed by atoms with van der Waals surface area (Å²) in [5.74, 6) is 0. The highest BCUT2D eigenvalue weighted by atomic mass is 32.2. The van der Waals surface area contributed by atoms with Gasteiger partial charge in [-0.15, -0.1) is 23.5 Å². The lowest BCUT2D eigenvalue weighted by Crippen LogP contribution is -2.19. The van der Waals surface area contributed by atoms with E-state index in [2.05, 4.69) is 10.6 Å². The number of hydrogen-bond donors (Lipinski definition) is 2. The zero-order valence-electron chi connectivity index (χ0n) is 11.3. The molecule has 20 heavy (non-hydrogen) atoms. The molecule has 3 nitrogen and oxygen atoms in total. The van der Waals surface area contributed by atoms with Gasteiger partial charge in [-0.3, -0.25) is 0 Å². The molecule has 0 unspecified atom stereocenters. The van der Waals surface area contributed by atoms with E-state index < -0.39 is 0 Å². The van der Waals surface area contributed by atoms with Crippen LogP contribution in [0.5, 0.6) is 0 Å². The zero-order chi connectivity index (χ0) is 14.4. The lowest BCUT2D eigenvalue weighted by Gasteiger charge is -2.11. The average Bonchev–Trinajstić information content (AvgIpc) is 2.48. The standard InChI is InChI=1S/C15H16N2OS2/c1-19-12-7-5-6-11(10-12)16-15(18)17-13-8-3-4-9-14(13)20-2/h3-10H,1-2H3,(H2,16,17,18). The topological polar surface area (TPSA) is 41.1 Å². The van der Waals surface area contributed by atoms with Gasteiger partial charge < -0.3 is 10.6 Å². The Bertz CT molecular complexity index is 602. The Morgan fingerprint density at radius 1 is 0.950 bits per heavy atom. The van der Waals surface area contributed by atoms with Gasteiger partial charge in [0.25, 0.3) is 0 Å². The molecular formula is C15H16N2OS2. The van der Waals surface area contributed by atoms with Gasteiger partial charge in [-0.05, 0) is 42.8 Å². The predicted octanol–water partition coefficient (Wildman–Crippen LogP) is 4.77. The number of nitrogens with one attached hydrogen (secondary N) is 2. The minimum Gasteiger partial charge on any atom is -0.308 e. The highest BCUT2D eigenvalue weighted by molar-refractivity contribution is 7.99. The largest absolute Gasteiger partial charge is 0.323 e. The highest BCUT2D eigenvalue weighted by Gasteiger charge is 2.06. The number of amides is 2. The quantitative estimate of drug-likeness (QED) is 0.799. The second kappa shape index (κ2) is 7.26. The van der Waals surface area contributed by atoms with E-state index in [-0.39, 0.29) is 6.03 Å². The van der Waals surface area contributed by atoms with Crippen LogP contribution in [0.1, 0.15) is 0 Å². The minimum absolute atomic E-state index is 0.232. The van der Waals surface area contributed by atoms with Gasteiger partial charge in [0.05, 0.1) is 5.69 Å². The Morgan fingerprint density at radius 2 is 1.75 bits per heavy atom. The van der Waals surface area contributed by atoms with Gasteiger partial charge >= 0.3 is 6.03 Å². The number of benzene rings is 2. The summed E-state index contributed by atoms with van der Waals surface area (Å²) in [6.07, 6.45) is 3.99. The van der Waals surface area contributed by atoms with Crippen molar-refractivity contribution in [3.63, 3.8) is 0 Å². The maximum Gasteiger partial charge on any atom is 0.323 e. The van der Waals surface area contributed by atoms with Crippen molar-refractivity contribution in [1.82, 2.24) is 0 Å². The molecule has 0 bridgehead atoms. The van der Waals surface area contributed by atoms with Gasteiger partial charge in [0.1, 0.15) is 0 Å². The van der Waals surface area contributed by atoms with E-state index in [4.69, 9.17) is 0 Å². The summed E-state index contributed by atoms with van der Waals surface area (Å²) in [5.41, 5.74) is 1.61. The highest BCUT2D eigenvalue weighted by Crippen LogP contribution is 2.25. The molecule has 2 amide bonds. The Labute approximate surface area is 127 Å². The lowest BCUT2D eigenvalue weighted by atomic mass is 10.3. The summed E-state index contributed by atoms with van der Waals surface area (Å²) in [7, 11) is 0. The molecule has 0 aliphatic heterocycles. The van der Waals surface area contributed by atoms with Gasteiger partial charge in [0.15, 0.2) is 0 Å². The fourth-order valence-electron chi connectivity index (χ4n) is 1.73. The van der Waals surface area contributed by atoms with Crippen molar-refractivity contribution in [2.75, 3.05) is 23.1 Å². The smallest absolute Gasteiger partial charge is 0.308 e. The van der Waals surface area contributed by atoms with E-state index in [0.717, 1.165) is 21.2 Å². The summed E-state index contributed by atoms with van der Waals surface area (Å²) in [5, 5.41) is 5.71. The third-order valence-corrected chi connectivity index (χ3v) is 4.20. The SMILES string of the molecule is CSc1cccc(NC(=O)Nc2ccccc2SC)c1. The van der Waals surface area contributed by atoms with Crippen molar-refractivity contribution >= 4 is 40.9 Å². The second-order valence-corrected chi connectivity index (χ2v) is 5.74. The summed E-state index contributed by atoms with van der Waals surface area (Å²) >= 11 is 3.25. The van der Waals surface area contributed by atoms with E-state index in [0.29, 0.717) is 0 Å². The molecule has 0 spiro atoms. The summed E-state index contributed by atoms with van der Waals surface area (Å²) in [6.45, 7) is 0. The van der Waals surface area contributed by atoms with Crippen molar-refractivity contribution < 1.29 is 4.79 Å². The van der Waals surface area contributed by atoms with Crippen molar-refractivity contribution in [3.8, 4) is 0 Å². The zero-order valence-corrected chi connectivity index (χ0v) is 13.0. The van der Waals surface area contributed by atoms with Crippen molar-refractivity contribution in [1.29, 1.82) is 0 Å². The first kappa shape index (κ1) is 14.8. The monoisotopic (exact) mass is 304 g/mol. The van der Waals surface area contributed by atoms with Gasteiger partial charge in [-0.2, -0.15) is 0 Å². The third-order valence-electron chi connectivity index (χ3n) is 2.68. The fraction of sp³-hybridized carbons (Fsp3) is 0.133. The number of urea groups is 1. The molecule has 2 N–H and O–H groups in total. The molecule has 0 radical (unpaired) electrons. The van der Waals surface area contributed by atoms with Crippen LogP contribution in [0.4, 0.5) is 16.2 Å². The van der Waals surface area contributed by atoms with Crippen molar-refractivity contribution in [3.05, 3.63) is 48.5 Å². The molecule has 0 atom stereocenters. The molecule has 2 aromatic carbocycles. The Hall–Kier alpha value is -1.59. The maximum absolute atomic E-state index is 12.0. The summed E-state index contributed by atoms with van der Waals surface area (Å²) in [4.78, 5) is 14.2. The molecule has 0 saturated heterocycles. The van der Waals surface area contributed by atoms with E-state index in [1.54, 1.807) is 23.5 Å². The number of carbonyl (C=O) groups excluding carboxylic acids is 1. The van der Waals surface area contributed by atoms with E-state index in [1.807, 2.05) is 61.0 Å². The molecule has 0 saturated carbocycles. The average molecular weight is 304 g/mol. The number of carbonyl (C=O) groups is 1. The molecular weight excluding hydrogens is 288 g/mol. The molecule has 2 aromatic rings. The first-order chi connectivity index (χ1) is 9.72. The molecule has 0 aromatic heterocycles. The van der Waals surface area contributed by atoms with Crippen LogP contribution in [0.15, 0.2) is 58.3 Å². The Morgan fingerprint density at radius 3 is 2.50 bits per heavy atom. The number of hydrogen-bond acceptors (Lipinski definition) is 3. The third kappa shape index (κ3) is 3.95. The molecule has 0 heterocycles. The minimum atomic E-state index is -0.232. The van der Waals surface area contributed by atoms with Crippen LogP contribution >= 0.6 is 23.5 Å². The van der Waals surface area contributed by atoms with Crippen molar-refractivity contribution in [2.24, 2.45) is 0 Å². The van der Waals surface area contributed by atoms with Gasteiger partial charge in [0.2, 0.25) is 0 Å². The summed E-state index contributed by atoms with van der Waals surface area (Å²) in [6, 6.07) is 15.3. The van der Waals surface area contributed by atoms with Crippen LogP contribution in [-0.4, -0.2) is 18.5 Å². The van der Waals surface area contributed by atoms with Crippen LogP contribution in [0.2, 0.25) is 0 Å². The van der Waals surface area contributed by atoms with Gasteiger partial charge in [0, 0.05) is 15.5 Å². The Balaban J connectivity index is 2.05. The summed E-state index contributed by atoms with van der Waals surface area (Å²) < 4.78 is 0. The van der Waals surface area contributed by atoms with Crippen LogP contribution < -0.4 is 10.6 Å². The molecule has 0 aliphatic rings. The number of rotatable bonds is 4. The van der Waals surface area contributed by atoms with Crippen LogP contribution in [-0.2, 0) is 0 Å². The van der Waals surface area contributed by atoms with E-state index in [1.165, 1.54) is 0 Å². The van der Waals surface area contributed by atoms with E-state index in [9.17, 15) is 4.79 Å². The number of thioether (sulfide) groups is 2. The fourth-order valence-corrected chi connectivity index (χ4v) is 2.75.